The van der Waals surface area contributed by atoms with Crippen molar-refractivity contribution < 1.29 is 14.4 Å². The molecule has 1 aliphatic heterocycles. The number of nitriles is 1. The van der Waals surface area contributed by atoms with Gasteiger partial charge in [0.1, 0.15) is 0 Å². The topological polar surface area (TPSA) is 90.3 Å². The molecular formula is C19H15N3O3. The summed E-state index contributed by atoms with van der Waals surface area (Å²) in [5, 5.41) is 11.6. The van der Waals surface area contributed by atoms with Crippen LogP contribution in [-0.2, 0) is 4.79 Å². The van der Waals surface area contributed by atoms with Gasteiger partial charge in [0.15, 0.2) is 0 Å². The fourth-order valence-corrected chi connectivity index (χ4v) is 2.73. The zero-order valence-corrected chi connectivity index (χ0v) is 13.4. The number of nitrogens with one attached hydrogen (secondary N) is 1. The third kappa shape index (κ3) is 3.40. The fraction of sp³-hybridized carbons (Fsp3) is 0.158. The number of nitrogens with zero attached hydrogens (tertiary/aromatic N) is 2. The molecule has 2 aromatic carbocycles. The van der Waals surface area contributed by atoms with Crippen LogP contribution >= 0.6 is 0 Å². The van der Waals surface area contributed by atoms with Crippen molar-refractivity contribution in [3.63, 3.8) is 0 Å². The normalized spacial score (nSPS) is 12.7. The molecule has 0 spiro atoms. The molecule has 0 saturated carbocycles. The second kappa shape index (κ2) is 6.97. The molecule has 0 radical (unpaired) electrons. The van der Waals surface area contributed by atoms with Gasteiger partial charge >= 0.3 is 0 Å². The highest BCUT2D eigenvalue weighted by Gasteiger charge is 2.34. The van der Waals surface area contributed by atoms with Crippen LogP contribution in [0.3, 0.4) is 0 Å². The zero-order valence-electron chi connectivity index (χ0n) is 13.4. The van der Waals surface area contributed by atoms with E-state index in [0.29, 0.717) is 28.8 Å². The number of fused-ring (bicyclic) bond motifs is 1. The number of hydrogen-bond acceptors (Lipinski definition) is 4. The molecule has 1 N–H and O–H groups in total. The molecule has 0 aromatic heterocycles. The Morgan fingerprint density at radius 1 is 1.04 bits per heavy atom. The van der Waals surface area contributed by atoms with Gasteiger partial charge in [-0.3, -0.25) is 19.3 Å². The maximum absolute atomic E-state index is 12.2. The molecular weight excluding hydrogens is 318 g/mol. The predicted molar refractivity (Wildman–Crippen MR) is 90.8 cm³/mol. The van der Waals surface area contributed by atoms with Crippen LogP contribution < -0.4 is 5.32 Å². The van der Waals surface area contributed by atoms with E-state index in [4.69, 9.17) is 5.26 Å². The summed E-state index contributed by atoms with van der Waals surface area (Å²) in [7, 11) is 0. The van der Waals surface area contributed by atoms with Crippen LogP contribution in [0.25, 0.3) is 0 Å². The second-order valence-corrected chi connectivity index (χ2v) is 5.65. The van der Waals surface area contributed by atoms with Crippen LogP contribution in [0.1, 0.15) is 39.1 Å². The summed E-state index contributed by atoms with van der Waals surface area (Å²) < 4.78 is 0. The first-order valence-electron chi connectivity index (χ1n) is 7.85. The van der Waals surface area contributed by atoms with Gasteiger partial charge < -0.3 is 5.32 Å². The molecule has 6 nitrogen and oxygen atoms in total. The Labute approximate surface area is 144 Å². The summed E-state index contributed by atoms with van der Waals surface area (Å²) in [5.41, 5.74) is 1.82. The SMILES string of the molecule is N#Cc1cccc(NC(=O)CCCN2C(=O)c3ccccc3C2=O)c1. The largest absolute Gasteiger partial charge is 0.326 e. The first kappa shape index (κ1) is 16.4. The van der Waals surface area contributed by atoms with Gasteiger partial charge in [-0.25, -0.2) is 0 Å². The number of hydrogen-bond donors (Lipinski definition) is 1. The lowest BCUT2D eigenvalue weighted by molar-refractivity contribution is -0.116. The third-order valence-corrected chi connectivity index (χ3v) is 3.94. The monoisotopic (exact) mass is 333 g/mol. The minimum Gasteiger partial charge on any atom is -0.326 e. The van der Waals surface area contributed by atoms with Crippen molar-refractivity contribution in [3.05, 3.63) is 65.2 Å². The molecule has 0 bridgehead atoms. The van der Waals surface area contributed by atoms with Gasteiger partial charge in [0.2, 0.25) is 5.91 Å². The van der Waals surface area contributed by atoms with E-state index < -0.39 is 0 Å². The van der Waals surface area contributed by atoms with Gasteiger partial charge in [-0.1, -0.05) is 18.2 Å². The molecule has 0 aliphatic carbocycles. The first-order chi connectivity index (χ1) is 12.1. The van der Waals surface area contributed by atoms with Gasteiger partial charge in [0.25, 0.3) is 11.8 Å². The summed E-state index contributed by atoms with van der Waals surface area (Å²) in [6.45, 7) is 0.192. The van der Waals surface area contributed by atoms with Gasteiger partial charge in [0.05, 0.1) is 22.8 Å². The number of rotatable bonds is 5. The van der Waals surface area contributed by atoms with Crippen molar-refractivity contribution in [1.29, 1.82) is 5.26 Å². The lowest BCUT2D eigenvalue weighted by Gasteiger charge is -2.13. The molecule has 2 aromatic rings. The fourth-order valence-electron chi connectivity index (χ4n) is 2.73. The van der Waals surface area contributed by atoms with E-state index in [1.54, 1.807) is 48.5 Å². The Bertz CT molecular complexity index is 864. The van der Waals surface area contributed by atoms with E-state index >= 15 is 0 Å². The average Bonchev–Trinajstić information content (AvgIpc) is 2.87. The highest BCUT2D eigenvalue weighted by molar-refractivity contribution is 6.21. The summed E-state index contributed by atoms with van der Waals surface area (Å²) in [4.78, 5) is 37.6. The van der Waals surface area contributed by atoms with E-state index in [1.807, 2.05) is 6.07 Å². The Morgan fingerprint density at radius 3 is 2.36 bits per heavy atom. The van der Waals surface area contributed by atoms with E-state index in [-0.39, 0.29) is 30.7 Å². The standard InChI is InChI=1S/C19H15N3O3/c20-12-13-5-3-6-14(11-13)21-17(23)9-4-10-22-18(24)15-7-1-2-8-16(15)19(22)25/h1-3,5-8,11H,4,9-10H2,(H,21,23). The third-order valence-electron chi connectivity index (χ3n) is 3.94. The first-order valence-corrected chi connectivity index (χ1v) is 7.85. The van der Waals surface area contributed by atoms with Crippen LogP contribution in [0, 0.1) is 11.3 Å². The summed E-state index contributed by atoms with van der Waals surface area (Å²) in [6, 6.07) is 15.3. The molecule has 25 heavy (non-hydrogen) atoms. The van der Waals surface area contributed by atoms with Crippen molar-refractivity contribution in [3.8, 4) is 6.07 Å². The molecule has 124 valence electrons. The van der Waals surface area contributed by atoms with Crippen molar-refractivity contribution in [2.24, 2.45) is 0 Å². The molecule has 0 saturated heterocycles. The molecule has 6 heteroatoms. The Morgan fingerprint density at radius 2 is 1.72 bits per heavy atom. The summed E-state index contributed by atoms with van der Waals surface area (Å²) in [6.07, 6.45) is 0.541. The van der Waals surface area contributed by atoms with Gasteiger partial charge in [-0.15, -0.1) is 0 Å². The maximum atomic E-state index is 12.2. The number of carbonyl (C=O) groups excluding carboxylic acids is 3. The van der Waals surface area contributed by atoms with Crippen molar-refractivity contribution in [1.82, 2.24) is 4.90 Å². The van der Waals surface area contributed by atoms with Crippen molar-refractivity contribution >= 4 is 23.4 Å². The zero-order chi connectivity index (χ0) is 17.8. The van der Waals surface area contributed by atoms with Crippen LogP contribution in [0.2, 0.25) is 0 Å². The number of anilines is 1. The Balaban J connectivity index is 1.53. The van der Waals surface area contributed by atoms with Crippen molar-refractivity contribution in [2.45, 2.75) is 12.8 Å². The van der Waals surface area contributed by atoms with E-state index in [1.165, 1.54) is 4.90 Å². The second-order valence-electron chi connectivity index (χ2n) is 5.65. The van der Waals surface area contributed by atoms with E-state index in [2.05, 4.69) is 5.32 Å². The smallest absolute Gasteiger partial charge is 0.261 e. The molecule has 1 aliphatic rings. The van der Waals surface area contributed by atoms with Gasteiger partial charge in [0, 0.05) is 18.7 Å². The molecule has 0 fully saturated rings. The summed E-state index contributed by atoms with van der Waals surface area (Å²) in [5.74, 6) is -0.864. The Kier molecular flexibility index (Phi) is 4.57. The van der Waals surface area contributed by atoms with Crippen LogP contribution in [0.4, 0.5) is 5.69 Å². The Hall–Kier alpha value is -3.46. The molecule has 0 atom stereocenters. The molecule has 3 rings (SSSR count). The number of benzene rings is 2. The van der Waals surface area contributed by atoms with Gasteiger partial charge in [-0.05, 0) is 36.8 Å². The minimum absolute atomic E-state index is 0.171. The molecule has 1 heterocycles. The lowest BCUT2D eigenvalue weighted by atomic mass is 10.1. The van der Waals surface area contributed by atoms with E-state index in [0.717, 1.165) is 0 Å². The lowest BCUT2D eigenvalue weighted by Crippen LogP contribution is -2.31. The predicted octanol–water partition coefficient (Wildman–Crippen LogP) is 2.57. The quantitative estimate of drug-likeness (QED) is 0.852. The highest BCUT2D eigenvalue weighted by atomic mass is 16.2. The number of carbonyl (C=O) groups is 3. The van der Waals surface area contributed by atoms with E-state index in [9.17, 15) is 14.4 Å². The maximum Gasteiger partial charge on any atom is 0.261 e. The number of amides is 3. The number of imide groups is 1. The summed E-state index contributed by atoms with van der Waals surface area (Å²) >= 11 is 0. The van der Waals surface area contributed by atoms with Gasteiger partial charge in [-0.2, -0.15) is 5.26 Å². The molecule has 0 unspecified atom stereocenters. The van der Waals surface area contributed by atoms with Crippen LogP contribution in [0.5, 0.6) is 0 Å². The van der Waals surface area contributed by atoms with Crippen LogP contribution in [-0.4, -0.2) is 29.2 Å². The highest BCUT2D eigenvalue weighted by Crippen LogP contribution is 2.22. The molecule has 3 amide bonds. The average molecular weight is 333 g/mol. The van der Waals surface area contributed by atoms with Crippen molar-refractivity contribution in [2.75, 3.05) is 11.9 Å². The minimum atomic E-state index is -0.317. The van der Waals surface area contributed by atoms with Crippen LogP contribution in [0.15, 0.2) is 48.5 Å².